The van der Waals surface area contributed by atoms with Gasteiger partial charge >= 0.3 is 12.4 Å². The lowest BCUT2D eigenvalue weighted by Crippen LogP contribution is -2.47. The fraction of sp³-hybridized carbons (Fsp3) is 0.364. The van der Waals surface area contributed by atoms with E-state index in [1.807, 2.05) is 18.2 Å². The molecule has 166 valence electrons. The predicted molar refractivity (Wildman–Crippen MR) is 109 cm³/mol. The SMILES string of the molecule is CC(NC(=O)C1CCCN(C(=O)Nc2ccccc2)C1)c1ccc(OC(F)(F)F)cc1. The zero-order chi connectivity index (χ0) is 22.4. The Balaban J connectivity index is 1.54. The molecule has 0 aliphatic carbocycles. The third-order valence-electron chi connectivity index (χ3n) is 5.08. The molecule has 0 spiro atoms. The van der Waals surface area contributed by atoms with E-state index in [-0.39, 0.29) is 23.6 Å². The van der Waals surface area contributed by atoms with E-state index in [4.69, 9.17) is 0 Å². The van der Waals surface area contributed by atoms with Crippen molar-refractivity contribution >= 4 is 17.6 Å². The molecule has 0 saturated carbocycles. The van der Waals surface area contributed by atoms with Crippen molar-refractivity contribution in [2.45, 2.75) is 32.2 Å². The van der Waals surface area contributed by atoms with Gasteiger partial charge in [0.15, 0.2) is 0 Å². The zero-order valence-electron chi connectivity index (χ0n) is 17.0. The number of piperidine rings is 1. The van der Waals surface area contributed by atoms with E-state index < -0.39 is 12.4 Å². The lowest BCUT2D eigenvalue weighted by molar-refractivity contribution is -0.274. The minimum atomic E-state index is -4.75. The lowest BCUT2D eigenvalue weighted by atomic mass is 9.96. The van der Waals surface area contributed by atoms with E-state index in [0.29, 0.717) is 37.2 Å². The summed E-state index contributed by atoms with van der Waals surface area (Å²) in [6.45, 7) is 2.62. The number of hydrogen-bond acceptors (Lipinski definition) is 3. The number of amides is 3. The molecule has 9 heteroatoms. The Morgan fingerprint density at radius 2 is 1.77 bits per heavy atom. The van der Waals surface area contributed by atoms with Crippen LogP contribution < -0.4 is 15.4 Å². The topological polar surface area (TPSA) is 70.7 Å². The average Bonchev–Trinajstić information content (AvgIpc) is 2.74. The van der Waals surface area contributed by atoms with Crippen LogP contribution in [0.4, 0.5) is 23.7 Å². The predicted octanol–water partition coefficient (Wildman–Crippen LogP) is 4.71. The van der Waals surface area contributed by atoms with Gasteiger partial charge in [0, 0.05) is 18.8 Å². The number of rotatable bonds is 5. The summed E-state index contributed by atoms with van der Waals surface area (Å²) in [5.74, 6) is -0.868. The third-order valence-corrected chi connectivity index (χ3v) is 5.08. The van der Waals surface area contributed by atoms with Crippen LogP contribution in [0, 0.1) is 5.92 Å². The number of benzene rings is 2. The molecule has 3 amide bonds. The summed E-state index contributed by atoms with van der Waals surface area (Å²) < 4.78 is 40.7. The second kappa shape index (κ2) is 9.72. The Bertz CT molecular complexity index is 888. The first kappa shape index (κ1) is 22.5. The van der Waals surface area contributed by atoms with Crippen LogP contribution in [0.1, 0.15) is 31.4 Å². The minimum absolute atomic E-state index is 0.194. The molecule has 0 aromatic heterocycles. The molecule has 2 aromatic rings. The van der Waals surface area contributed by atoms with Crippen LogP contribution in [0.25, 0.3) is 0 Å². The van der Waals surface area contributed by atoms with Crippen molar-refractivity contribution < 1.29 is 27.5 Å². The molecular formula is C22H24F3N3O3. The molecule has 2 atom stereocenters. The monoisotopic (exact) mass is 435 g/mol. The number of halogens is 3. The summed E-state index contributed by atoms with van der Waals surface area (Å²) in [4.78, 5) is 26.8. The van der Waals surface area contributed by atoms with Crippen molar-refractivity contribution in [1.29, 1.82) is 0 Å². The van der Waals surface area contributed by atoms with Gasteiger partial charge < -0.3 is 20.3 Å². The number of nitrogens with zero attached hydrogens (tertiary/aromatic N) is 1. The molecular weight excluding hydrogens is 411 g/mol. The number of hydrogen-bond donors (Lipinski definition) is 2. The summed E-state index contributed by atoms with van der Waals surface area (Å²) in [6.07, 6.45) is -3.38. The molecule has 1 saturated heterocycles. The molecule has 1 aliphatic rings. The first-order valence-electron chi connectivity index (χ1n) is 9.98. The molecule has 31 heavy (non-hydrogen) atoms. The first-order valence-corrected chi connectivity index (χ1v) is 9.98. The van der Waals surface area contributed by atoms with Gasteiger partial charge in [0.1, 0.15) is 5.75 Å². The Kier molecular flexibility index (Phi) is 7.04. The fourth-order valence-electron chi connectivity index (χ4n) is 3.47. The molecule has 2 N–H and O–H groups in total. The van der Waals surface area contributed by atoms with Crippen LogP contribution in [-0.4, -0.2) is 36.3 Å². The summed E-state index contributed by atoms with van der Waals surface area (Å²) in [6, 6.07) is 13.8. The van der Waals surface area contributed by atoms with Gasteiger partial charge in [0.25, 0.3) is 0 Å². The molecule has 2 unspecified atom stereocenters. The number of nitrogens with one attached hydrogen (secondary N) is 2. The number of likely N-dealkylation sites (tertiary alicyclic amines) is 1. The normalized spacial score (nSPS) is 17.5. The van der Waals surface area contributed by atoms with E-state index in [1.54, 1.807) is 24.0 Å². The van der Waals surface area contributed by atoms with E-state index in [1.165, 1.54) is 24.3 Å². The van der Waals surface area contributed by atoms with Gasteiger partial charge in [-0.15, -0.1) is 13.2 Å². The minimum Gasteiger partial charge on any atom is -0.406 e. The maximum absolute atomic E-state index is 12.7. The van der Waals surface area contributed by atoms with Crippen molar-refractivity contribution in [2.24, 2.45) is 5.92 Å². The van der Waals surface area contributed by atoms with E-state index >= 15 is 0 Å². The van der Waals surface area contributed by atoms with Crippen LogP contribution in [-0.2, 0) is 4.79 Å². The molecule has 0 radical (unpaired) electrons. The molecule has 3 rings (SSSR count). The van der Waals surface area contributed by atoms with Gasteiger partial charge in [-0.3, -0.25) is 4.79 Å². The quantitative estimate of drug-likeness (QED) is 0.715. The Morgan fingerprint density at radius 1 is 1.10 bits per heavy atom. The van der Waals surface area contributed by atoms with Crippen molar-refractivity contribution in [2.75, 3.05) is 18.4 Å². The highest BCUT2D eigenvalue weighted by molar-refractivity contribution is 5.90. The maximum atomic E-state index is 12.7. The van der Waals surface area contributed by atoms with E-state index in [0.717, 1.165) is 0 Å². The highest BCUT2D eigenvalue weighted by Gasteiger charge is 2.31. The maximum Gasteiger partial charge on any atom is 0.573 e. The highest BCUT2D eigenvalue weighted by atomic mass is 19.4. The van der Waals surface area contributed by atoms with E-state index in [2.05, 4.69) is 15.4 Å². The fourth-order valence-corrected chi connectivity index (χ4v) is 3.47. The second-order valence-electron chi connectivity index (χ2n) is 7.43. The van der Waals surface area contributed by atoms with Crippen LogP contribution in [0.3, 0.4) is 0 Å². The largest absolute Gasteiger partial charge is 0.573 e. The van der Waals surface area contributed by atoms with Crippen molar-refractivity contribution in [1.82, 2.24) is 10.2 Å². The average molecular weight is 435 g/mol. The van der Waals surface area contributed by atoms with Crippen LogP contribution in [0.2, 0.25) is 0 Å². The number of carbonyl (C=O) groups excluding carboxylic acids is 2. The van der Waals surface area contributed by atoms with Crippen molar-refractivity contribution in [3.05, 3.63) is 60.2 Å². The van der Waals surface area contributed by atoms with Gasteiger partial charge in [0.2, 0.25) is 5.91 Å². The molecule has 2 aromatic carbocycles. The van der Waals surface area contributed by atoms with Crippen molar-refractivity contribution in [3.63, 3.8) is 0 Å². The number of para-hydroxylation sites is 1. The highest BCUT2D eigenvalue weighted by Crippen LogP contribution is 2.25. The molecule has 1 heterocycles. The number of ether oxygens (including phenoxy) is 1. The Labute approximate surface area is 178 Å². The van der Waals surface area contributed by atoms with Gasteiger partial charge in [-0.05, 0) is 49.6 Å². The standard InChI is InChI=1S/C22H24F3N3O3/c1-15(16-9-11-19(12-10-16)31-22(23,24)25)26-20(29)17-6-5-13-28(14-17)21(30)27-18-7-3-2-4-8-18/h2-4,7-12,15,17H,5-6,13-14H2,1H3,(H,26,29)(H,27,30). The molecule has 1 aliphatic heterocycles. The zero-order valence-corrected chi connectivity index (χ0v) is 17.0. The molecule has 1 fully saturated rings. The van der Waals surface area contributed by atoms with Crippen LogP contribution in [0.15, 0.2) is 54.6 Å². The van der Waals surface area contributed by atoms with E-state index in [9.17, 15) is 22.8 Å². The van der Waals surface area contributed by atoms with Gasteiger partial charge in [-0.1, -0.05) is 30.3 Å². The summed E-state index contributed by atoms with van der Waals surface area (Å²) in [7, 11) is 0. The van der Waals surface area contributed by atoms with Gasteiger partial charge in [-0.25, -0.2) is 4.79 Å². The number of urea groups is 1. The van der Waals surface area contributed by atoms with Crippen LogP contribution >= 0.6 is 0 Å². The molecule has 6 nitrogen and oxygen atoms in total. The second-order valence-corrected chi connectivity index (χ2v) is 7.43. The summed E-state index contributed by atoms with van der Waals surface area (Å²) >= 11 is 0. The number of alkyl halides is 3. The van der Waals surface area contributed by atoms with Gasteiger partial charge in [-0.2, -0.15) is 0 Å². The molecule has 0 bridgehead atoms. The third kappa shape index (κ3) is 6.63. The lowest BCUT2D eigenvalue weighted by Gasteiger charge is -2.32. The summed E-state index contributed by atoms with van der Waals surface area (Å²) in [5, 5.41) is 5.70. The van der Waals surface area contributed by atoms with Crippen molar-refractivity contribution in [3.8, 4) is 5.75 Å². The summed E-state index contributed by atoms with van der Waals surface area (Å²) in [5.41, 5.74) is 1.34. The van der Waals surface area contributed by atoms with Gasteiger partial charge in [0.05, 0.1) is 12.0 Å². The Hall–Kier alpha value is -3.23. The first-order chi connectivity index (χ1) is 14.7. The number of carbonyl (C=O) groups is 2. The smallest absolute Gasteiger partial charge is 0.406 e. The Morgan fingerprint density at radius 3 is 2.42 bits per heavy atom. The number of anilines is 1. The van der Waals surface area contributed by atoms with Crippen LogP contribution in [0.5, 0.6) is 5.75 Å².